The monoisotopic (exact) mass is 298 g/mol. The number of hydrogen-bond donors (Lipinski definition) is 2. The number of nitrogens with zero attached hydrogens (tertiary/aromatic N) is 2. The van der Waals surface area contributed by atoms with E-state index in [0.29, 0.717) is 10.5 Å². The topological polar surface area (TPSA) is 63.8 Å². The van der Waals surface area contributed by atoms with Crippen molar-refractivity contribution in [1.29, 1.82) is 0 Å². The Morgan fingerprint density at radius 3 is 2.63 bits per heavy atom. The molecule has 1 saturated heterocycles. The number of hydrazine groups is 1. The minimum absolute atomic E-state index is 0.391. The molecule has 1 aliphatic heterocycles. The van der Waals surface area contributed by atoms with Crippen molar-refractivity contribution in [3.63, 3.8) is 0 Å². The fourth-order valence-corrected chi connectivity index (χ4v) is 5.33. The Morgan fingerprint density at radius 1 is 1.26 bits per heavy atom. The summed E-state index contributed by atoms with van der Waals surface area (Å²) in [4.78, 5) is 9.42. The number of thioether (sulfide) groups is 2. The number of anilines is 1. The Balaban J connectivity index is 2.37. The van der Waals surface area contributed by atoms with Gasteiger partial charge in [0.15, 0.2) is 0 Å². The van der Waals surface area contributed by atoms with Crippen molar-refractivity contribution in [1.82, 2.24) is 9.97 Å². The fourth-order valence-electron chi connectivity index (χ4n) is 2.34. The van der Waals surface area contributed by atoms with Crippen LogP contribution in [0.25, 0.3) is 0 Å². The van der Waals surface area contributed by atoms with Crippen LogP contribution in [-0.2, 0) is 6.42 Å². The summed E-state index contributed by atoms with van der Waals surface area (Å²) >= 11 is 4.02. The third-order valence-electron chi connectivity index (χ3n) is 3.44. The van der Waals surface area contributed by atoms with Crippen LogP contribution in [0.4, 0.5) is 5.82 Å². The molecule has 1 aromatic rings. The van der Waals surface area contributed by atoms with Crippen LogP contribution in [0.1, 0.15) is 42.6 Å². The van der Waals surface area contributed by atoms with Crippen molar-refractivity contribution in [3.05, 3.63) is 17.1 Å². The first kappa shape index (κ1) is 14.9. The lowest BCUT2D eigenvalue weighted by molar-refractivity contribution is 0.739. The molecule has 1 fully saturated rings. The van der Waals surface area contributed by atoms with Gasteiger partial charge in [0.25, 0.3) is 0 Å². The van der Waals surface area contributed by atoms with E-state index in [1.165, 1.54) is 11.5 Å². The summed E-state index contributed by atoms with van der Waals surface area (Å²) < 4.78 is 0. The molecule has 0 saturated carbocycles. The number of rotatable bonds is 4. The molecule has 3 N–H and O–H groups in total. The number of aromatic nitrogens is 2. The summed E-state index contributed by atoms with van der Waals surface area (Å²) in [7, 11) is 0. The second-order valence-corrected chi connectivity index (χ2v) is 7.21. The van der Waals surface area contributed by atoms with E-state index >= 15 is 0 Å². The zero-order valence-electron chi connectivity index (χ0n) is 11.8. The highest BCUT2D eigenvalue weighted by atomic mass is 32.2. The first-order valence-corrected chi connectivity index (χ1v) is 8.88. The van der Waals surface area contributed by atoms with Gasteiger partial charge in [0, 0.05) is 28.0 Å². The van der Waals surface area contributed by atoms with Crippen molar-refractivity contribution in [2.75, 3.05) is 16.9 Å². The van der Waals surface area contributed by atoms with Gasteiger partial charge < -0.3 is 5.43 Å². The molecule has 6 heteroatoms. The quantitative estimate of drug-likeness (QED) is 0.658. The maximum absolute atomic E-state index is 5.59. The Labute approximate surface area is 123 Å². The Bertz CT molecular complexity index is 414. The molecule has 0 aromatic carbocycles. The van der Waals surface area contributed by atoms with E-state index < -0.39 is 0 Å². The van der Waals surface area contributed by atoms with Crippen LogP contribution in [0.5, 0.6) is 0 Å². The summed E-state index contributed by atoms with van der Waals surface area (Å²) in [6, 6.07) is 0. The number of nitrogens with one attached hydrogen (secondary N) is 1. The van der Waals surface area contributed by atoms with E-state index in [1.807, 2.05) is 30.4 Å². The van der Waals surface area contributed by atoms with Crippen molar-refractivity contribution in [2.24, 2.45) is 5.84 Å². The third kappa shape index (κ3) is 3.17. The highest BCUT2D eigenvalue weighted by Crippen LogP contribution is 2.43. The van der Waals surface area contributed by atoms with E-state index in [9.17, 15) is 0 Å². The highest BCUT2D eigenvalue weighted by molar-refractivity contribution is 8.06. The molecule has 106 valence electrons. The molecule has 0 bridgehead atoms. The first-order chi connectivity index (χ1) is 9.21. The Kier molecular flexibility index (Phi) is 5.36. The molecule has 0 amide bonds. The highest BCUT2D eigenvalue weighted by Gasteiger charge is 2.29. The average Bonchev–Trinajstić information content (AvgIpc) is 2.47. The minimum atomic E-state index is 0.391. The summed E-state index contributed by atoms with van der Waals surface area (Å²) in [5.74, 6) is 9.71. The number of hydrogen-bond acceptors (Lipinski definition) is 6. The molecule has 2 unspecified atom stereocenters. The van der Waals surface area contributed by atoms with Gasteiger partial charge in [-0.05, 0) is 19.8 Å². The summed E-state index contributed by atoms with van der Waals surface area (Å²) in [6.07, 6.45) is 2.07. The fraction of sp³-hybridized carbons (Fsp3) is 0.692. The van der Waals surface area contributed by atoms with Crippen molar-refractivity contribution < 1.29 is 0 Å². The predicted molar refractivity (Wildman–Crippen MR) is 85.7 cm³/mol. The van der Waals surface area contributed by atoms with Crippen LogP contribution < -0.4 is 11.3 Å². The molecule has 19 heavy (non-hydrogen) atoms. The lowest BCUT2D eigenvalue weighted by Crippen LogP contribution is -2.22. The second-order valence-electron chi connectivity index (χ2n) is 4.61. The van der Waals surface area contributed by atoms with Crippen LogP contribution in [0.2, 0.25) is 0 Å². The van der Waals surface area contributed by atoms with E-state index in [-0.39, 0.29) is 0 Å². The average molecular weight is 298 g/mol. The van der Waals surface area contributed by atoms with E-state index in [2.05, 4.69) is 24.3 Å². The number of aryl methyl sites for hydroxylation is 1. The maximum atomic E-state index is 5.59. The first-order valence-electron chi connectivity index (χ1n) is 6.78. The molecule has 1 aromatic heterocycles. The van der Waals surface area contributed by atoms with Crippen LogP contribution in [0.15, 0.2) is 0 Å². The largest absolute Gasteiger partial charge is 0.308 e. The molecule has 2 rings (SSSR count). The van der Waals surface area contributed by atoms with E-state index in [0.717, 1.165) is 35.7 Å². The summed E-state index contributed by atoms with van der Waals surface area (Å²) in [6.45, 7) is 6.39. The lowest BCUT2D eigenvalue weighted by Gasteiger charge is -2.29. The SMILES string of the molecule is CCc1nc(C2SCCSC2CC)nc(NN)c1C. The predicted octanol–water partition coefficient (Wildman–Crippen LogP) is 2.93. The van der Waals surface area contributed by atoms with E-state index in [4.69, 9.17) is 10.8 Å². The third-order valence-corrected chi connectivity index (χ3v) is 6.69. The minimum Gasteiger partial charge on any atom is -0.308 e. The van der Waals surface area contributed by atoms with Crippen molar-refractivity contribution in [3.8, 4) is 0 Å². The molecule has 0 aliphatic carbocycles. The van der Waals surface area contributed by atoms with Gasteiger partial charge >= 0.3 is 0 Å². The smallest absolute Gasteiger partial charge is 0.146 e. The van der Waals surface area contributed by atoms with Crippen LogP contribution in [0, 0.1) is 6.92 Å². The van der Waals surface area contributed by atoms with Crippen LogP contribution >= 0.6 is 23.5 Å². The Hall–Kier alpha value is -0.460. The second kappa shape index (κ2) is 6.81. The van der Waals surface area contributed by atoms with Crippen LogP contribution in [0.3, 0.4) is 0 Å². The van der Waals surface area contributed by atoms with Gasteiger partial charge in [-0.2, -0.15) is 11.8 Å². The van der Waals surface area contributed by atoms with Gasteiger partial charge in [-0.15, -0.1) is 11.8 Å². The normalized spacial score (nSPS) is 23.4. The lowest BCUT2D eigenvalue weighted by atomic mass is 10.1. The maximum Gasteiger partial charge on any atom is 0.146 e. The zero-order chi connectivity index (χ0) is 13.8. The molecular weight excluding hydrogens is 276 g/mol. The summed E-state index contributed by atoms with van der Waals surface area (Å²) in [5.41, 5.74) is 4.88. The Morgan fingerprint density at radius 2 is 2.00 bits per heavy atom. The standard InChI is InChI=1S/C13H22N4S2/c1-4-9-8(3)12(17-14)16-13(15-9)11-10(5-2)18-6-7-19-11/h10-11H,4-7,14H2,1-3H3,(H,15,16,17). The molecule has 2 atom stereocenters. The van der Waals surface area contributed by atoms with Gasteiger partial charge in [0.2, 0.25) is 0 Å². The molecular formula is C13H22N4S2. The van der Waals surface area contributed by atoms with Gasteiger partial charge in [-0.25, -0.2) is 15.8 Å². The molecule has 1 aliphatic rings. The zero-order valence-corrected chi connectivity index (χ0v) is 13.4. The van der Waals surface area contributed by atoms with Crippen LogP contribution in [-0.4, -0.2) is 26.7 Å². The molecule has 0 radical (unpaired) electrons. The molecule has 2 heterocycles. The molecule has 0 spiro atoms. The van der Waals surface area contributed by atoms with Gasteiger partial charge in [-0.1, -0.05) is 13.8 Å². The van der Waals surface area contributed by atoms with Crippen molar-refractivity contribution in [2.45, 2.75) is 44.1 Å². The number of nitrogen functional groups attached to an aromatic ring is 1. The summed E-state index contributed by atoms with van der Waals surface area (Å²) in [5, 5.41) is 0.999. The number of nitrogens with two attached hydrogens (primary N) is 1. The van der Waals surface area contributed by atoms with Gasteiger partial charge in [0.05, 0.1) is 5.25 Å². The van der Waals surface area contributed by atoms with Gasteiger partial charge in [0.1, 0.15) is 11.6 Å². The van der Waals surface area contributed by atoms with E-state index in [1.54, 1.807) is 0 Å². The van der Waals surface area contributed by atoms with Crippen molar-refractivity contribution >= 4 is 29.3 Å². The molecule has 4 nitrogen and oxygen atoms in total. The van der Waals surface area contributed by atoms with Gasteiger partial charge in [-0.3, -0.25) is 0 Å².